The molecule has 1 aromatic carbocycles. The van der Waals surface area contributed by atoms with Gasteiger partial charge in [0.25, 0.3) is 0 Å². The molecule has 0 saturated carbocycles. The smallest absolute Gasteiger partial charge is 0.412 e. The van der Waals surface area contributed by atoms with E-state index in [0.29, 0.717) is 12.0 Å². The molecule has 234 valence electrons. The fraction of sp³-hybridized carbons (Fsp3) is 0.771. The molecule has 0 aliphatic carbocycles. The lowest BCUT2D eigenvalue weighted by Gasteiger charge is -2.52. The van der Waals surface area contributed by atoms with E-state index in [-0.39, 0.29) is 19.2 Å². The molecule has 1 aliphatic heterocycles. The fourth-order valence-electron chi connectivity index (χ4n) is 6.25. The first kappa shape index (κ1) is 35.1. The molecule has 1 saturated heterocycles. The molecule has 1 aliphatic rings. The first-order valence-electron chi connectivity index (χ1n) is 16.4. The van der Waals surface area contributed by atoms with Gasteiger partial charge in [0.05, 0.1) is 18.8 Å². The van der Waals surface area contributed by atoms with Crippen LogP contribution in [0.25, 0.3) is 0 Å². The van der Waals surface area contributed by atoms with Crippen LogP contribution in [-0.4, -0.2) is 47.5 Å². The second-order valence-electron chi connectivity index (χ2n) is 13.2. The minimum Gasteiger partial charge on any atom is -0.456 e. The maximum atomic E-state index is 13.5. The van der Waals surface area contributed by atoms with Crippen molar-refractivity contribution in [3.63, 3.8) is 0 Å². The van der Waals surface area contributed by atoms with Crippen LogP contribution in [0.2, 0.25) is 0 Å². The summed E-state index contributed by atoms with van der Waals surface area (Å²) in [6.45, 7) is 14.7. The van der Waals surface area contributed by atoms with Crippen LogP contribution in [0.15, 0.2) is 30.3 Å². The highest BCUT2D eigenvalue weighted by molar-refractivity contribution is 5.89. The molecule has 0 radical (unpaired) electrons. The van der Waals surface area contributed by atoms with E-state index in [1.54, 1.807) is 24.0 Å². The predicted molar refractivity (Wildman–Crippen MR) is 167 cm³/mol. The summed E-state index contributed by atoms with van der Waals surface area (Å²) in [4.78, 5) is 28.6. The molecule has 2 atom stereocenters. The van der Waals surface area contributed by atoms with E-state index < -0.39 is 28.9 Å². The van der Waals surface area contributed by atoms with Gasteiger partial charge < -0.3 is 14.2 Å². The van der Waals surface area contributed by atoms with Crippen LogP contribution in [0.4, 0.5) is 4.79 Å². The zero-order valence-electron chi connectivity index (χ0n) is 27.3. The number of esters is 1. The maximum absolute atomic E-state index is 13.5. The Balaban J connectivity index is 2.08. The summed E-state index contributed by atoms with van der Waals surface area (Å²) in [6.07, 6.45) is 16.2. The van der Waals surface area contributed by atoms with Gasteiger partial charge in [0, 0.05) is 0 Å². The van der Waals surface area contributed by atoms with E-state index in [4.69, 9.17) is 14.2 Å². The topological polar surface area (TPSA) is 65.1 Å². The van der Waals surface area contributed by atoms with Gasteiger partial charge in [-0.05, 0) is 51.2 Å². The lowest BCUT2D eigenvalue weighted by atomic mass is 9.68. The minimum atomic E-state index is -0.896. The number of carbonyl (C=O) groups is 2. The Kier molecular flexibility index (Phi) is 14.7. The van der Waals surface area contributed by atoms with E-state index in [9.17, 15) is 9.59 Å². The van der Waals surface area contributed by atoms with Crippen LogP contribution < -0.4 is 0 Å². The van der Waals surface area contributed by atoms with Crippen molar-refractivity contribution < 1.29 is 23.8 Å². The number of carbonyl (C=O) groups excluding carboxylic acids is 2. The number of amides is 1. The summed E-state index contributed by atoms with van der Waals surface area (Å²) in [7, 11) is 0. The number of unbranched alkanes of at least 4 members (excludes halogenated alkanes) is 12. The molecule has 6 nitrogen and oxygen atoms in total. The Hall–Kier alpha value is -2.08. The first-order valence-corrected chi connectivity index (χ1v) is 16.4. The monoisotopic (exact) mass is 573 g/mol. The van der Waals surface area contributed by atoms with Crippen molar-refractivity contribution in [3.8, 4) is 0 Å². The third-order valence-electron chi connectivity index (χ3n) is 8.69. The molecular formula is C35H59NO5. The summed E-state index contributed by atoms with van der Waals surface area (Å²) in [5.41, 5.74) is -1.73. The Bertz CT molecular complexity index is 894. The summed E-state index contributed by atoms with van der Waals surface area (Å²) in [5.74, 6) is -0.373. The Morgan fingerprint density at radius 3 is 1.85 bits per heavy atom. The van der Waals surface area contributed by atoms with Crippen LogP contribution in [0.3, 0.4) is 0 Å². The molecule has 0 bridgehead atoms. The van der Waals surface area contributed by atoms with Crippen molar-refractivity contribution >= 4 is 12.1 Å². The van der Waals surface area contributed by atoms with E-state index in [0.717, 1.165) is 12.8 Å². The lowest BCUT2D eigenvalue weighted by molar-refractivity contribution is -0.103. The maximum Gasteiger partial charge on any atom is 0.412 e. The van der Waals surface area contributed by atoms with Gasteiger partial charge in [-0.1, -0.05) is 123 Å². The molecule has 1 unspecified atom stereocenters. The van der Waals surface area contributed by atoms with E-state index >= 15 is 0 Å². The van der Waals surface area contributed by atoms with Crippen molar-refractivity contribution in [3.05, 3.63) is 35.9 Å². The number of hydrogen-bond acceptors (Lipinski definition) is 5. The van der Waals surface area contributed by atoms with Gasteiger partial charge in [-0.2, -0.15) is 0 Å². The van der Waals surface area contributed by atoms with Crippen LogP contribution in [0.5, 0.6) is 0 Å². The predicted octanol–water partition coefficient (Wildman–Crippen LogP) is 9.70. The van der Waals surface area contributed by atoms with Crippen LogP contribution in [0, 0.1) is 5.41 Å². The number of rotatable bonds is 18. The van der Waals surface area contributed by atoms with Crippen molar-refractivity contribution in [2.45, 2.75) is 156 Å². The number of ether oxygens (including phenoxy) is 3. The Morgan fingerprint density at radius 1 is 0.854 bits per heavy atom. The van der Waals surface area contributed by atoms with Gasteiger partial charge in [0.1, 0.15) is 17.4 Å². The van der Waals surface area contributed by atoms with Gasteiger partial charge in [0.15, 0.2) is 0 Å². The summed E-state index contributed by atoms with van der Waals surface area (Å²) in [5, 5.41) is 0. The van der Waals surface area contributed by atoms with Gasteiger partial charge in [-0.15, -0.1) is 0 Å². The quantitative estimate of drug-likeness (QED) is 0.129. The summed E-state index contributed by atoms with van der Waals surface area (Å²) in [6, 6.07) is 9.10. The number of benzene rings is 1. The molecule has 0 spiro atoms. The molecule has 41 heavy (non-hydrogen) atoms. The first-order chi connectivity index (χ1) is 19.5. The Labute approximate surface area is 250 Å². The highest BCUT2D eigenvalue weighted by Gasteiger charge is 2.65. The van der Waals surface area contributed by atoms with Crippen LogP contribution in [-0.2, 0) is 14.2 Å². The van der Waals surface area contributed by atoms with Crippen molar-refractivity contribution in [2.75, 3.05) is 13.2 Å². The second-order valence-corrected chi connectivity index (χ2v) is 13.2. The molecule has 0 N–H and O–H groups in total. The molecule has 1 fully saturated rings. The van der Waals surface area contributed by atoms with Gasteiger partial charge in [-0.25, -0.2) is 9.59 Å². The SMILES string of the molecule is CCCCCCCCCCCCCCCC(OC(=O)c1ccccc1)[C@]1(C(C)(C)C)COC(C)(C)N1C(=O)OCC. The largest absolute Gasteiger partial charge is 0.456 e. The van der Waals surface area contributed by atoms with Gasteiger partial charge >= 0.3 is 12.1 Å². The second kappa shape index (κ2) is 17.1. The number of hydrogen-bond donors (Lipinski definition) is 0. The molecule has 1 heterocycles. The Morgan fingerprint density at radius 2 is 1.37 bits per heavy atom. The van der Waals surface area contributed by atoms with Crippen molar-refractivity contribution in [1.29, 1.82) is 0 Å². The standard InChI is InChI=1S/C35H59NO5/c1-8-10-11-12-13-14-15-16-17-18-19-20-24-27-30(41-31(37)29-25-22-21-23-26-29)35(33(3,4)5)28-40-34(6,7)36(35)32(38)39-9-2/h21-23,25-26,30H,8-20,24,27-28H2,1-7H3/t30?,35-/m0/s1. The zero-order valence-corrected chi connectivity index (χ0v) is 27.3. The highest BCUT2D eigenvalue weighted by Crippen LogP contribution is 2.50. The molecule has 0 aromatic heterocycles. The molecule has 1 aromatic rings. The molecular weight excluding hydrogens is 514 g/mol. The van der Waals surface area contributed by atoms with Gasteiger partial charge in [0.2, 0.25) is 0 Å². The van der Waals surface area contributed by atoms with Crippen LogP contribution >= 0.6 is 0 Å². The highest BCUT2D eigenvalue weighted by atomic mass is 16.6. The van der Waals surface area contributed by atoms with Crippen molar-refractivity contribution in [2.24, 2.45) is 5.41 Å². The van der Waals surface area contributed by atoms with Crippen LogP contribution in [0.1, 0.15) is 149 Å². The molecule has 2 rings (SSSR count). The molecule has 6 heteroatoms. The van der Waals surface area contributed by atoms with E-state index in [1.807, 2.05) is 32.0 Å². The normalized spacial score (nSPS) is 19.2. The van der Waals surface area contributed by atoms with Crippen molar-refractivity contribution in [1.82, 2.24) is 4.90 Å². The summed E-state index contributed by atoms with van der Waals surface area (Å²) < 4.78 is 18.2. The average molecular weight is 574 g/mol. The zero-order chi connectivity index (χ0) is 30.4. The fourth-order valence-corrected chi connectivity index (χ4v) is 6.25. The molecule has 1 amide bonds. The van der Waals surface area contributed by atoms with Gasteiger partial charge in [-0.3, -0.25) is 4.90 Å². The average Bonchev–Trinajstić information content (AvgIpc) is 3.23. The third-order valence-corrected chi connectivity index (χ3v) is 8.69. The van der Waals surface area contributed by atoms with E-state index in [1.165, 1.54) is 70.6 Å². The lowest BCUT2D eigenvalue weighted by Crippen LogP contribution is -2.68. The minimum absolute atomic E-state index is 0.263. The third kappa shape index (κ3) is 10.0. The van der Waals surface area contributed by atoms with E-state index in [2.05, 4.69) is 27.7 Å². The summed E-state index contributed by atoms with van der Waals surface area (Å²) >= 11 is 0. The number of nitrogens with zero attached hydrogens (tertiary/aromatic N) is 1.